The van der Waals surface area contributed by atoms with Crippen molar-refractivity contribution in [2.75, 3.05) is 6.61 Å². The van der Waals surface area contributed by atoms with E-state index in [9.17, 15) is 24.9 Å². The predicted molar refractivity (Wildman–Crippen MR) is 165 cm³/mol. The fourth-order valence-electron chi connectivity index (χ4n) is 13.5. The first-order valence-electron chi connectivity index (χ1n) is 18.2. The van der Waals surface area contributed by atoms with E-state index in [0.29, 0.717) is 30.6 Å². The molecule has 0 aromatic carbocycles. The van der Waals surface area contributed by atoms with Crippen LogP contribution in [0.4, 0.5) is 0 Å². The van der Waals surface area contributed by atoms with Gasteiger partial charge in [0, 0.05) is 6.42 Å². The highest BCUT2D eigenvalue weighted by Crippen LogP contribution is 2.68. The van der Waals surface area contributed by atoms with Crippen molar-refractivity contribution in [2.24, 2.45) is 70.0 Å². The van der Waals surface area contributed by atoms with E-state index in [-0.39, 0.29) is 71.6 Å². The van der Waals surface area contributed by atoms with Gasteiger partial charge in [-0.1, -0.05) is 20.8 Å². The smallest absolute Gasteiger partial charge is 0.344 e. The molecule has 3 N–H and O–H groups in total. The van der Waals surface area contributed by atoms with Gasteiger partial charge in [-0.15, -0.1) is 0 Å². The molecule has 8 rings (SSSR count). The van der Waals surface area contributed by atoms with Crippen molar-refractivity contribution in [1.29, 1.82) is 0 Å². The van der Waals surface area contributed by atoms with Crippen molar-refractivity contribution in [1.82, 2.24) is 0 Å². The van der Waals surface area contributed by atoms with Crippen LogP contribution in [0.1, 0.15) is 118 Å². The van der Waals surface area contributed by atoms with E-state index < -0.39 is 17.7 Å². The molecule has 248 valence electrons. The Bertz CT molecular complexity index is 1090. The van der Waals surface area contributed by atoms with Gasteiger partial charge in [0.05, 0.1) is 18.3 Å². The minimum absolute atomic E-state index is 0.0631. The van der Waals surface area contributed by atoms with Gasteiger partial charge in [-0.05, 0) is 160 Å². The molecule has 11 atom stereocenters. The van der Waals surface area contributed by atoms with Crippen LogP contribution in [0.15, 0.2) is 0 Å². The number of rotatable bonds is 7. The molecule has 8 aliphatic rings. The van der Waals surface area contributed by atoms with E-state index in [4.69, 9.17) is 9.47 Å². The molecule has 7 heteroatoms. The molecule has 0 saturated heterocycles. The van der Waals surface area contributed by atoms with Crippen LogP contribution in [0, 0.1) is 70.0 Å². The largest absolute Gasteiger partial charge is 0.456 e. The normalized spacial score (nSPS) is 52.9. The highest BCUT2D eigenvalue weighted by atomic mass is 16.6. The summed E-state index contributed by atoms with van der Waals surface area (Å²) < 4.78 is 11.5. The molecule has 8 fully saturated rings. The van der Waals surface area contributed by atoms with Gasteiger partial charge in [0.25, 0.3) is 0 Å². The lowest BCUT2D eigenvalue weighted by molar-refractivity contribution is -0.208. The van der Waals surface area contributed by atoms with Gasteiger partial charge in [0.15, 0.2) is 6.61 Å². The minimum Gasteiger partial charge on any atom is -0.456 e. The lowest BCUT2D eigenvalue weighted by Gasteiger charge is -2.63. The fourth-order valence-corrected chi connectivity index (χ4v) is 13.5. The first kappa shape index (κ1) is 31.4. The Morgan fingerprint density at radius 2 is 1.48 bits per heavy atom. The Balaban J connectivity index is 0.929. The van der Waals surface area contributed by atoms with Crippen LogP contribution < -0.4 is 0 Å². The number of fused-ring (bicyclic) bond motifs is 5. The second-order valence-electron chi connectivity index (χ2n) is 17.7. The molecule has 4 bridgehead atoms. The molecular weight excluding hydrogens is 556 g/mol. The lowest BCUT2D eigenvalue weighted by atomic mass is 9.43. The summed E-state index contributed by atoms with van der Waals surface area (Å²) in [4.78, 5) is 25.6. The maximum absolute atomic E-state index is 12.8. The topological polar surface area (TPSA) is 113 Å². The third-order valence-corrected chi connectivity index (χ3v) is 15.8. The minimum atomic E-state index is -0.438. The fraction of sp³-hybridized carbons (Fsp3) is 0.946. The third-order valence-electron chi connectivity index (χ3n) is 15.8. The maximum Gasteiger partial charge on any atom is 0.344 e. The molecule has 8 aliphatic carbocycles. The quantitative estimate of drug-likeness (QED) is 0.317. The molecule has 44 heavy (non-hydrogen) atoms. The van der Waals surface area contributed by atoms with Crippen molar-refractivity contribution in [2.45, 2.75) is 141 Å². The Labute approximate surface area is 264 Å². The lowest BCUT2D eigenvalue weighted by Crippen LogP contribution is -2.62. The average Bonchev–Trinajstić information content (AvgIpc) is 3.33. The number of carbonyl (C=O) groups is 2. The zero-order chi connectivity index (χ0) is 31.2. The van der Waals surface area contributed by atoms with Crippen LogP contribution in [0.25, 0.3) is 0 Å². The summed E-state index contributed by atoms with van der Waals surface area (Å²) in [6.45, 7) is 8.61. The Kier molecular flexibility index (Phi) is 8.01. The number of carbonyl (C=O) groups excluding carboxylic acids is 2. The Morgan fingerprint density at radius 1 is 0.795 bits per heavy atom. The van der Waals surface area contributed by atoms with Crippen molar-refractivity contribution in [3.05, 3.63) is 0 Å². The van der Waals surface area contributed by atoms with Gasteiger partial charge >= 0.3 is 11.9 Å². The maximum atomic E-state index is 12.8. The van der Waals surface area contributed by atoms with Crippen LogP contribution in [0.3, 0.4) is 0 Å². The standard InChI is InChI=1S/C37H58O7/c1-20(5-8-32(41)43-19-33(42)44-37(4)24-12-21-11-22(14-24)15-25(37)13-21)27-6-7-28-34-29(18-31(40)36(27,28)3)35(2)10-9-26(38)16-23(35)17-30(34)39/h20-31,34,38-40H,5-19H2,1-4H3/t20?,21?,22?,23?,24?,25?,26-,27?,28?,29?,30?,31+,34?,35+,36-,37?/m1/s1. The highest BCUT2D eigenvalue weighted by Gasteiger charge is 2.66. The van der Waals surface area contributed by atoms with E-state index in [0.717, 1.165) is 76.0 Å². The number of hydrogen-bond acceptors (Lipinski definition) is 7. The van der Waals surface area contributed by atoms with E-state index in [1.54, 1.807) is 0 Å². The Hall–Kier alpha value is -1.18. The SMILES string of the molecule is CC(CCC(=O)OCC(=O)OC1(C)C2CC3CC(C2)CC1C3)C1CCC2C3C(O)CC4C[C@H](O)CC[C@]4(C)C3C[C@H](O)[C@]12C. The van der Waals surface area contributed by atoms with Gasteiger partial charge in [0.2, 0.25) is 0 Å². The van der Waals surface area contributed by atoms with Crippen LogP contribution in [-0.2, 0) is 19.1 Å². The summed E-state index contributed by atoms with van der Waals surface area (Å²) >= 11 is 0. The van der Waals surface area contributed by atoms with E-state index >= 15 is 0 Å². The molecule has 7 unspecified atom stereocenters. The van der Waals surface area contributed by atoms with Gasteiger partial charge in [-0.2, -0.15) is 0 Å². The molecule has 0 spiro atoms. The Morgan fingerprint density at radius 3 is 2.16 bits per heavy atom. The van der Waals surface area contributed by atoms with Crippen LogP contribution in [0.2, 0.25) is 0 Å². The summed E-state index contributed by atoms with van der Waals surface area (Å²) in [6, 6.07) is 0. The summed E-state index contributed by atoms with van der Waals surface area (Å²) in [7, 11) is 0. The van der Waals surface area contributed by atoms with Gasteiger partial charge in [-0.3, -0.25) is 4.79 Å². The summed E-state index contributed by atoms with van der Waals surface area (Å²) in [5.41, 5.74) is -0.642. The van der Waals surface area contributed by atoms with Crippen molar-refractivity contribution >= 4 is 11.9 Å². The number of esters is 2. The van der Waals surface area contributed by atoms with E-state index in [1.807, 2.05) is 0 Å². The summed E-state index contributed by atoms with van der Waals surface area (Å²) in [5.74, 6) is 3.24. The zero-order valence-corrected chi connectivity index (χ0v) is 27.6. The highest BCUT2D eigenvalue weighted by molar-refractivity contribution is 5.76. The molecule has 0 aromatic heterocycles. The molecule has 0 amide bonds. The summed E-state index contributed by atoms with van der Waals surface area (Å²) in [5, 5.41) is 33.7. The second-order valence-corrected chi connectivity index (χ2v) is 17.7. The van der Waals surface area contributed by atoms with Crippen molar-refractivity contribution in [3.63, 3.8) is 0 Å². The second kappa shape index (κ2) is 11.2. The number of aliphatic hydroxyl groups excluding tert-OH is 3. The monoisotopic (exact) mass is 614 g/mol. The number of hydrogen-bond donors (Lipinski definition) is 3. The molecule has 8 saturated carbocycles. The van der Waals surface area contributed by atoms with Gasteiger partial charge in [-0.25, -0.2) is 4.79 Å². The molecule has 0 radical (unpaired) electrons. The summed E-state index contributed by atoms with van der Waals surface area (Å²) in [6.07, 6.45) is 11.8. The molecule has 7 nitrogen and oxygen atoms in total. The van der Waals surface area contributed by atoms with Crippen LogP contribution in [0.5, 0.6) is 0 Å². The first-order valence-corrected chi connectivity index (χ1v) is 18.2. The van der Waals surface area contributed by atoms with Gasteiger partial charge < -0.3 is 24.8 Å². The molecular formula is C37H58O7. The predicted octanol–water partition coefficient (Wildman–Crippen LogP) is 5.67. The third kappa shape index (κ3) is 4.91. The number of aliphatic hydroxyl groups is 3. The van der Waals surface area contributed by atoms with E-state index in [2.05, 4.69) is 27.7 Å². The van der Waals surface area contributed by atoms with Gasteiger partial charge in [0.1, 0.15) is 5.60 Å². The first-order chi connectivity index (χ1) is 20.8. The van der Waals surface area contributed by atoms with E-state index in [1.165, 1.54) is 6.42 Å². The van der Waals surface area contributed by atoms with Crippen molar-refractivity contribution in [3.8, 4) is 0 Å². The van der Waals surface area contributed by atoms with Crippen molar-refractivity contribution < 1.29 is 34.4 Å². The molecule has 0 aromatic rings. The number of ether oxygens (including phenoxy) is 2. The molecule has 0 aliphatic heterocycles. The van der Waals surface area contributed by atoms with Crippen LogP contribution >= 0.6 is 0 Å². The average molecular weight is 615 g/mol. The zero-order valence-electron chi connectivity index (χ0n) is 27.6. The van der Waals surface area contributed by atoms with Crippen LogP contribution in [-0.4, -0.2) is 57.8 Å². The molecule has 0 heterocycles.